The van der Waals surface area contributed by atoms with E-state index in [0.29, 0.717) is 18.5 Å². The Bertz CT molecular complexity index is 1290. The molecule has 3 aromatic heterocycles. The van der Waals surface area contributed by atoms with Gasteiger partial charge in [0.05, 0.1) is 16.4 Å². The highest BCUT2D eigenvalue weighted by Crippen LogP contribution is 2.25. The number of halogens is 1. The Balaban J connectivity index is 1.17. The van der Waals surface area contributed by atoms with Crippen molar-refractivity contribution < 1.29 is 0 Å². The van der Waals surface area contributed by atoms with Crippen molar-refractivity contribution in [3.8, 4) is 11.3 Å². The minimum Gasteiger partial charge on any atom is -0.350 e. The van der Waals surface area contributed by atoms with Crippen molar-refractivity contribution in [2.24, 2.45) is 0 Å². The van der Waals surface area contributed by atoms with Crippen molar-refractivity contribution in [2.45, 2.75) is 25.4 Å². The van der Waals surface area contributed by atoms with E-state index in [1.165, 1.54) is 0 Å². The lowest BCUT2D eigenvalue weighted by Gasteiger charge is -2.40. The number of pyridine rings is 1. The summed E-state index contributed by atoms with van der Waals surface area (Å²) >= 11 is 3.61. The van der Waals surface area contributed by atoms with E-state index < -0.39 is 0 Å². The normalized spacial score (nSPS) is 17.5. The molecule has 2 aliphatic heterocycles. The summed E-state index contributed by atoms with van der Waals surface area (Å²) in [6.07, 6.45) is 5.87. The minimum absolute atomic E-state index is 0.636. The number of hydrogen-bond donors (Lipinski definition) is 2. The van der Waals surface area contributed by atoms with E-state index in [2.05, 4.69) is 70.7 Å². The van der Waals surface area contributed by atoms with E-state index in [4.69, 9.17) is 9.97 Å². The van der Waals surface area contributed by atoms with E-state index in [1.54, 1.807) is 10.7 Å². The molecule has 6 rings (SSSR count). The number of rotatable bonds is 6. The molecule has 0 amide bonds. The SMILES string of the molecule is Brc1cnn2c(NCc3ccc(-c4ccccn4)cc3)nc(N3CCC(N4CCNCC4)CC3)nc12. The zero-order chi connectivity index (χ0) is 24.3. The first-order valence-electron chi connectivity index (χ1n) is 12.6. The summed E-state index contributed by atoms with van der Waals surface area (Å²) in [6.45, 7) is 7.04. The van der Waals surface area contributed by atoms with E-state index in [9.17, 15) is 0 Å². The summed E-state index contributed by atoms with van der Waals surface area (Å²) < 4.78 is 2.63. The first-order chi connectivity index (χ1) is 17.7. The standard InChI is InChI=1S/C26H30BrN9/c27-22-18-31-36-24(22)32-26(35-13-8-21(9-14-35)34-15-11-28-12-16-34)33-25(36)30-17-19-4-6-20(7-5-19)23-3-1-2-10-29-23/h1-7,10,18,21,28H,8-9,11-17H2,(H,30,32,33). The number of piperazine rings is 1. The lowest BCUT2D eigenvalue weighted by molar-refractivity contribution is 0.150. The average molecular weight is 548 g/mol. The van der Waals surface area contributed by atoms with Crippen LogP contribution >= 0.6 is 15.9 Å². The Labute approximate surface area is 219 Å². The quantitative estimate of drug-likeness (QED) is 0.379. The Kier molecular flexibility index (Phi) is 6.80. The predicted octanol–water partition coefficient (Wildman–Crippen LogP) is 3.43. The van der Waals surface area contributed by atoms with Gasteiger partial charge in [-0.25, -0.2) is 0 Å². The summed E-state index contributed by atoms with van der Waals surface area (Å²) in [5, 5.41) is 11.4. The Morgan fingerprint density at radius 2 is 1.78 bits per heavy atom. The number of aromatic nitrogens is 5. The fourth-order valence-electron chi connectivity index (χ4n) is 5.08. The molecular weight excluding hydrogens is 518 g/mol. The predicted molar refractivity (Wildman–Crippen MR) is 145 cm³/mol. The molecule has 2 aliphatic rings. The number of piperidine rings is 1. The summed E-state index contributed by atoms with van der Waals surface area (Å²) in [5.41, 5.74) is 4.01. The van der Waals surface area contributed by atoms with Crippen LogP contribution in [0.5, 0.6) is 0 Å². The molecule has 0 radical (unpaired) electrons. The molecule has 2 N–H and O–H groups in total. The topological polar surface area (TPSA) is 86.5 Å². The molecule has 36 heavy (non-hydrogen) atoms. The third kappa shape index (κ3) is 4.93. The molecule has 1 aromatic carbocycles. The zero-order valence-corrected chi connectivity index (χ0v) is 21.7. The molecule has 0 saturated carbocycles. The number of benzene rings is 1. The molecule has 2 fully saturated rings. The van der Waals surface area contributed by atoms with Crippen LogP contribution in [0.25, 0.3) is 16.9 Å². The van der Waals surface area contributed by atoms with Crippen LogP contribution in [0.3, 0.4) is 0 Å². The van der Waals surface area contributed by atoms with Gasteiger partial charge in [-0.05, 0) is 46.5 Å². The van der Waals surface area contributed by atoms with Gasteiger partial charge in [-0.15, -0.1) is 0 Å². The van der Waals surface area contributed by atoms with Gasteiger partial charge in [0.15, 0.2) is 5.65 Å². The van der Waals surface area contributed by atoms with E-state index >= 15 is 0 Å². The fraction of sp³-hybridized carbons (Fsp3) is 0.385. The number of hydrogen-bond acceptors (Lipinski definition) is 8. The van der Waals surface area contributed by atoms with Crippen LogP contribution in [-0.4, -0.2) is 74.8 Å². The summed E-state index contributed by atoms with van der Waals surface area (Å²) in [7, 11) is 0. The highest BCUT2D eigenvalue weighted by Gasteiger charge is 2.27. The van der Waals surface area contributed by atoms with Gasteiger partial charge in [0.1, 0.15) is 0 Å². The Morgan fingerprint density at radius 1 is 0.972 bits per heavy atom. The van der Waals surface area contributed by atoms with Gasteiger partial charge in [0.2, 0.25) is 11.9 Å². The molecular formula is C26H30BrN9. The smallest absolute Gasteiger partial charge is 0.230 e. The highest BCUT2D eigenvalue weighted by atomic mass is 79.9. The molecule has 0 aliphatic carbocycles. The second kappa shape index (κ2) is 10.5. The molecule has 0 atom stereocenters. The van der Waals surface area contributed by atoms with Gasteiger partial charge in [-0.3, -0.25) is 9.88 Å². The summed E-state index contributed by atoms with van der Waals surface area (Å²) in [5.74, 6) is 1.45. The van der Waals surface area contributed by atoms with Crippen LogP contribution < -0.4 is 15.5 Å². The minimum atomic E-state index is 0.636. The summed E-state index contributed by atoms with van der Waals surface area (Å²) in [6, 6.07) is 15.1. The van der Waals surface area contributed by atoms with Crippen molar-refractivity contribution >= 4 is 33.5 Å². The number of nitrogens with zero attached hydrogens (tertiary/aromatic N) is 7. The van der Waals surface area contributed by atoms with Crippen molar-refractivity contribution in [1.29, 1.82) is 0 Å². The molecule has 2 saturated heterocycles. The summed E-state index contributed by atoms with van der Waals surface area (Å²) in [4.78, 5) is 19.1. The average Bonchev–Trinajstić information content (AvgIpc) is 3.33. The third-order valence-corrected chi connectivity index (χ3v) is 7.65. The van der Waals surface area contributed by atoms with Crippen molar-refractivity contribution in [2.75, 3.05) is 49.5 Å². The monoisotopic (exact) mass is 547 g/mol. The molecule has 4 aromatic rings. The van der Waals surface area contributed by atoms with E-state index in [-0.39, 0.29) is 0 Å². The second-order valence-electron chi connectivity index (χ2n) is 9.34. The van der Waals surface area contributed by atoms with Crippen LogP contribution in [-0.2, 0) is 6.54 Å². The Hall–Kier alpha value is -3.08. The van der Waals surface area contributed by atoms with Crippen LogP contribution in [0.15, 0.2) is 59.3 Å². The maximum Gasteiger partial charge on any atom is 0.230 e. The van der Waals surface area contributed by atoms with Crippen LogP contribution in [0.4, 0.5) is 11.9 Å². The van der Waals surface area contributed by atoms with E-state index in [0.717, 1.165) is 85.0 Å². The molecule has 10 heteroatoms. The van der Waals surface area contributed by atoms with Crippen molar-refractivity contribution in [1.82, 2.24) is 34.8 Å². The molecule has 0 unspecified atom stereocenters. The fourth-order valence-corrected chi connectivity index (χ4v) is 5.43. The maximum absolute atomic E-state index is 4.91. The van der Waals surface area contributed by atoms with Crippen LogP contribution in [0, 0.1) is 0 Å². The van der Waals surface area contributed by atoms with E-state index in [1.807, 2.05) is 24.4 Å². The van der Waals surface area contributed by atoms with Gasteiger partial charge in [-0.1, -0.05) is 30.3 Å². The molecule has 0 bridgehead atoms. The van der Waals surface area contributed by atoms with Crippen molar-refractivity contribution in [3.05, 3.63) is 64.9 Å². The lowest BCUT2D eigenvalue weighted by Crippen LogP contribution is -2.52. The zero-order valence-electron chi connectivity index (χ0n) is 20.1. The number of anilines is 2. The lowest BCUT2D eigenvalue weighted by atomic mass is 10.0. The molecule has 186 valence electrons. The maximum atomic E-state index is 4.91. The Morgan fingerprint density at radius 3 is 2.53 bits per heavy atom. The van der Waals surface area contributed by atoms with Gasteiger partial charge < -0.3 is 15.5 Å². The first-order valence-corrected chi connectivity index (χ1v) is 13.4. The van der Waals surface area contributed by atoms with Crippen LogP contribution in [0.1, 0.15) is 18.4 Å². The van der Waals surface area contributed by atoms with Gasteiger partial charge in [0.25, 0.3) is 0 Å². The van der Waals surface area contributed by atoms with Crippen molar-refractivity contribution in [3.63, 3.8) is 0 Å². The second-order valence-corrected chi connectivity index (χ2v) is 10.2. The van der Waals surface area contributed by atoms with Gasteiger partial charge in [-0.2, -0.15) is 19.6 Å². The first kappa shape index (κ1) is 23.3. The number of fused-ring (bicyclic) bond motifs is 1. The molecule has 5 heterocycles. The highest BCUT2D eigenvalue weighted by molar-refractivity contribution is 9.10. The van der Waals surface area contributed by atoms with Gasteiger partial charge in [0, 0.05) is 63.6 Å². The third-order valence-electron chi connectivity index (χ3n) is 7.09. The largest absolute Gasteiger partial charge is 0.350 e. The van der Waals surface area contributed by atoms with Gasteiger partial charge >= 0.3 is 0 Å². The van der Waals surface area contributed by atoms with Crippen LogP contribution in [0.2, 0.25) is 0 Å². The molecule has 0 spiro atoms. The molecule has 9 nitrogen and oxygen atoms in total. The number of nitrogens with one attached hydrogen (secondary N) is 2.